The molecular weight excluding hydrogens is 186 g/mol. The summed E-state index contributed by atoms with van der Waals surface area (Å²) in [4.78, 5) is 4.10. The standard InChI is InChI=1S/C12H13N3/c1-3-5-11(4-2)15-12-8-10(9-13)6-7-14-12/h2,6-8,11H,3,5H2,1H3,(H,14,15). The third kappa shape index (κ3) is 3.32. The van der Waals surface area contributed by atoms with E-state index in [0.29, 0.717) is 11.4 Å². The normalized spacial score (nSPS) is 11.1. The molecule has 0 amide bonds. The van der Waals surface area contributed by atoms with Gasteiger partial charge in [0.2, 0.25) is 0 Å². The molecule has 3 heteroatoms. The molecule has 0 radical (unpaired) electrons. The maximum atomic E-state index is 8.71. The van der Waals surface area contributed by atoms with E-state index >= 15 is 0 Å². The molecule has 0 aromatic carbocycles. The van der Waals surface area contributed by atoms with Gasteiger partial charge in [-0.05, 0) is 18.6 Å². The highest BCUT2D eigenvalue weighted by atomic mass is 15.0. The SMILES string of the molecule is C#CC(CCC)Nc1cc(C#N)ccn1. The lowest BCUT2D eigenvalue weighted by atomic mass is 10.2. The monoisotopic (exact) mass is 199 g/mol. The maximum absolute atomic E-state index is 8.71. The molecule has 1 heterocycles. The minimum Gasteiger partial charge on any atom is -0.356 e. The highest BCUT2D eigenvalue weighted by Gasteiger charge is 2.04. The Morgan fingerprint density at radius 2 is 2.47 bits per heavy atom. The van der Waals surface area contributed by atoms with Crippen molar-refractivity contribution in [1.82, 2.24) is 4.98 Å². The molecule has 1 aromatic heterocycles. The Kier molecular flexibility index (Phi) is 4.19. The van der Waals surface area contributed by atoms with Gasteiger partial charge in [-0.25, -0.2) is 4.98 Å². The minimum absolute atomic E-state index is 0.0172. The van der Waals surface area contributed by atoms with Crippen LogP contribution in [0.4, 0.5) is 5.82 Å². The summed E-state index contributed by atoms with van der Waals surface area (Å²) in [6, 6.07) is 5.40. The van der Waals surface area contributed by atoms with E-state index in [2.05, 4.69) is 29.2 Å². The zero-order chi connectivity index (χ0) is 11.1. The molecule has 0 aliphatic carbocycles. The average molecular weight is 199 g/mol. The average Bonchev–Trinajstić information content (AvgIpc) is 2.29. The Balaban J connectivity index is 2.72. The predicted molar refractivity (Wildman–Crippen MR) is 60.1 cm³/mol. The zero-order valence-corrected chi connectivity index (χ0v) is 8.70. The van der Waals surface area contributed by atoms with Crippen LogP contribution in [0.15, 0.2) is 18.3 Å². The van der Waals surface area contributed by atoms with E-state index in [1.165, 1.54) is 0 Å². The van der Waals surface area contributed by atoms with Crippen LogP contribution in [0.1, 0.15) is 25.3 Å². The Morgan fingerprint density at radius 1 is 1.67 bits per heavy atom. The van der Waals surface area contributed by atoms with Gasteiger partial charge in [0.05, 0.1) is 17.7 Å². The summed E-state index contributed by atoms with van der Waals surface area (Å²) in [5, 5.41) is 11.8. The van der Waals surface area contributed by atoms with Gasteiger partial charge >= 0.3 is 0 Å². The van der Waals surface area contributed by atoms with E-state index in [0.717, 1.165) is 12.8 Å². The van der Waals surface area contributed by atoms with Crippen LogP contribution in [-0.2, 0) is 0 Å². The molecule has 0 saturated heterocycles. The molecule has 0 saturated carbocycles. The van der Waals surface area contributed by atoms with Crippen molar-refractivity contribution in [3.8, 4) is 18.4 Å². The van der Waals surface area contributed by atoms with Crippen molar-refractivity contribution in [3.05, 3.63) is 23.9 Å². The molecule has 0 aliphatic heterocycles. The van der Waals surface area contributed by atoms with Crippen molar-refractivity contribution < 1.29 is 0 Å². The van der Waals surface area contributed by atoms with Crippen molar-refractivity contribution in [1.29, 1.82) is 5.26 Å². The van der Waals surface area contributed by atoms with Crippen molar-refractivity contribution in [3.63, 3.8) is 0 Å². The van der Waals surface area contributed by atoms with Crippen molar-refractivity contribution >= 4 is 5.82 Å². The fraction of sp³-hybridized carbons (Fsp3) is 0.333. The van der Waals surface area contributed by atoms with Gasteiger partial charge in [0.25, 0.3) is 0 Å². The summed E-state index contributed by atoms with van der Waals surface area (Å²) in [6.45, 7) is 2.07. The van der Waals surface area contributed by atoms with Crippen molar-refractivity contribution in [2.45, 2.75) is 25.8 Å². The van der Waals surface area contributed by atoms with Gasteiger partial charge in [0.15, 0.2) is 0 Å². The first-order valence-corrected chi connectivity index (χ1v) is 4.89. The summed E-state index contributed by atoms with van der Waals surface area (Å²) < 4.78 is 0. The number of pyridine rings is 1. The molecule has 1 unspecified atom stereocenters. The number of hydrogen-bond donors (Lipinski definition) is 1. The molecule has 1 aromatic rings. The molecule has 1 N–H and O–H groups in total. The summed E-state index contributed by atoms with van der Waals surface area (Å²) in [5.41, 5.74) is 0.583. The summed E-state index contributed by atoms with van der Waals surface area (Å²) in [6.07, 6.45) is 8.88. The maximum Gasteiger partial charge on any atom is 0.128 e. The lowest BCUT2D eigenvalue weighted by molar-refractivity contribution is 0.752. The second-order valence-electron chi connectivity index (χ2n) is 3.19. The quantitative estimate of drug-likeness (QED) is 0.756. The number of terminal acetylenes is 1. The predicted octanol–water partition coefficient (Wildman–Crippen LogP) is 2.17. The van der Waals surface area contributed by atoms with Crippen LogP contribution < -0.4 is 5.32 Å². The summed E-state index contributed by atoms with van der Waals surface area (Å²) >= 11 is 0. The van der Waals surface area contributed by atoms with E-state index in [9.17, 15) is 0 Å². The Labute approximate surface area is 90.1 Å². The van der Waals surface area contributed by atoms with Crippen LogP contribution in [0.25, 0.3) is 0 Å². The largest absolute Gasteiger partial charge is 0.356 e. The first kappa shape index (κ1) is 11.1. The van der Waals surface area contributed by atoms with Gasteiger partial charge < -0.3 is 5.32 Å². The lowest BCUT2D eigenvalue weighted by Gasteiger charge is -2.12. The van der Waals surface area contributed by atoms with Crippen LogP contribution in [0.5, 0.6) is 0 Å². The molecule has 76 valence electrons. The number of nitrogens with zero attached hydrogens (tertiary/aromatic N) is 2. The molecule has 0 fully saturated rings. The van der Waals surface area contributed by atoms with Gasteiger partial charge in [0.1, 0.15) is 5.82 Å². The van der Waals surface area contributed by atoms with Crippen LogP contribution in [0, 0.1) is 23.7 Å². The molecule has 3 nitrogen and oxygen atoms in total. The third-order valence-electron chi connectivity index (χ3n) is 1.99. The number of aromatic nitrogens is 1. The van der Waals surface area contributed by atoms with E-state index in [1.54, 1.807) is 18.3 Å². The third-order valence-corrected chi connectivity index (χ3v) is 1.99. The highest BCUT2D eigenvalue weighted by molar-refractivity contribution is 5.44. The molecule has 1 rings (SSSR count). The van der Waals surface area contributed by atoms with Crippen LogP contribution in [0.2, 0.25) is 0 Å². The number of rotatable bonds is 4. The van der Waals surface area contributed by atoms with Gasteiger partial charge in [-0.1, -0.05) is 19.3 Å². The van der Waals surface area contributed by atoms with Gasteiger partial charge in [0, 0.05) is 6.20 Å². The second kappa shape index (κ2) is 5.67. The molecule has 0 spiro atoms. The number of hydrogen-bond acceptors (Lipinski definition) is 3. The topological polar surface area (TPSA) is 48.7 Å². The van der Waals surface area contributed by atoms with Crippen LogP contribution >= 0.6 is 0 Å². The van der Waals surface area contributed by atoms with Crippen LogP contribution in [-0.4, -0.2) is 11.0 Å². The number of nitrogens with one attached hydrogen (secondary N) is 1. The Hall–Kier alpha value is -2.00. The fourth-order valence-corrected chi connectivity index (χ4v) is 1.24. The van der Waals surface area contributed by atoms with Gasteiger partial charge in [-0.3, -0.25) is 0 Å². The van der Waals surface area contributed by atoms with E-state index in [4.69, 9.17) is 11.7 Å². The minimum atomic E-state index is -0.0172. The van der Waals surface area contributed by atoms with E-state index in [1.807, 2.05) is 0 Å². The first-order chi connectivity index (χ1) is 7.30. The fourth-order valence-electron chi connectivity index (χ4n) is 1.24. The van der Waals surface area contributed by atoms with Gasteiger partial charge in [-0.2, -0.15) is 5.26 Å². The Morgan fingerprint density at radius 3 is 3.07 bits per heavy atom. The molecular formula is C12H13N3. The zero-order valence-electron chi connectivity index (χ0n) is 8.70. The highest BCUT2D eigenvalue weighted by Crippen LogP contribution is 2.09. The smallest absolute Gasteiger partial charge is 0.128 e. The lowest BCUT2D eigenvalue weighted by Crippen LogP contribution is -2.17. The molecule has 15 heavy (non-hydrogen) atoms. The second-order valence-corrected chi connectivity index (χ2v) is 3.19. The van der Waals surface area contributed by atoms with Crippen molar-refractivity contribution in [2.75, 3.05) is 5.32 Å². The molecule has 0 aliphatic rings. The first-order valence-electron chi connectivity index (χ1n) is 4.89. The van der Waals surface area contributed by atoms with E-state index in [-0.39, 0.29) is 6.04 Å². The van der Waals surface area contributed by atoms with Crippen LogP contribution in [0.3, 0.4) is 0 Å². The van der Waals surface area contributed by atoms with Crippen molar-refractivity contribution in [2.24, 2.45) is 0 Å². The van der Waals surface area contributed by atoms with Gasteiger partial charge in [-0.15, -0.1) is 6.42 Å². The summed E-state index contributed by atoms with van der Waals surface area (Å²) in [5.74, 6) is 3.31. The molecule has 1 atom stereocenters. The summed E-state index contributed by atoms with van der Waals surface area (Å²) in [7, 11) is 0. The van der Waals surface area contributed by atoms with E-state index < -0.39 is 0 Å². The Bertz CT molecular complexity index is 398. The number of anilines is 1. The molecule has 0 bridgehead atoms. The number of nitriles is 1.